The van der Waals surface area contributed by atoms with Crippen molar-refractivity contribution >= 4 is 34.8 Å². The fourth-order valence-electron chi connectivity index (χ4n) is 3.93. The predicted molar refractivity (Wildman–Crippen MR) is 116 cm³/mol. The monoisotopic (exact) mass is 469 g/mol. The normalized spacial score (nSPS) is 18.6. The number of amides is 2. The van der Waals surface area contributed by atoms with E-state index in [0.29, 0.717) is 11.1 Å². The lowest BCUT2D eigenvalue weighted by Crippen LogP contribution is -2.44. The lowest BCUT2D eigenvalue weighted by molar-refractivity contribution is -0.128. The Labute approximate surface area is 189 Å². The molecule has 2 amide bonds. The minimum atomic E-state index is -4.61. The Kier molecular flexibility index (Phi) is 5.74. The van der Waals surface area contributed by atoms with Crippen LogP contribution in [-0.2, 0) is 11.3 Å². The fourth-order valence-corrected chi connectivity index (χ4v) is 4.48. The van der Waals surface area contributed by atoms with Gasteiger partial charge in [-0.3, -0.25) is 14.5 Å². The Bertz CT molecular complexity index is 1100. The van der Waals surface area contributed by atoms with Gasteiger partial charge in [-0.15, -0.1) is 0 Å². The topological polar surface area (TPSA) is 43.9 Å². The van der Waals surface area contributed by atoms with Crippen molar-refractivity contribution in [1.82, 2.24) is 9.80 Å². The number of hydrogen-bond donors (Lipinski definition) is 0. The van der Waals surface area contributed by atoms with Crippen molar-refractivity contribution in [3.05, 3.63) is 52.0 Å². The second kappa shape index (κ2) is 7.68. The summed E-state index contributed by atoms with van der Waals surface area (Å²) >= 11 is 5.43. The number of anilines is 1. The van der Waals surface area contributed by atoms with Gasteiger partial charge in [-0.2, -0.15) is 13.2 Å². The number of benzene rings is 1. The Morgan fingerprint density at radius 1 is 1.16 bits per heavy atom. The van der Waals surface area contributed by atoms with E-state index < -0.39 is 29.0 Å². The first-order chi connectivity index (χ1) is 14.6. The number of alkyl halides is 3. The molecule has 0 radical (unpaired) electrons. The van der Waals surface area contributed by atoms with Crippen molar-refractivity contribution in [2.24, 2.45) is 0 Å². The Morgan fingerprint density at radius 2 is 1.75 bits per heavy atom. The zero-order valence-corrected chi connectivity index (χ0v) is 19.3. The average Bonchev–Trinajstić information content (AvgIpc) is 3.01. The van der Waals surface area contributed by atoms with Crippen LogP contribution in [0.4, 0.5) is 23.2 Å². The molecule has 10 heteroatoms. The summed E-state index contributed by atoms with van der Waals surface area (Å²) in [6.45, 7) is 7.25. The number of carbonyl (C=O) groups is 2. The molecule has 2 aliphatic rings. The van der Waals surface area contributed by atoms with Gasteiger partial charge in [0.2, 0.25) is 0 Å². The number of thiocarbonyl (C=S) groups is 1. The Balaban J connectivity index is 2.10. The summed E-state index contributed by atoms with van der Waals surface area (Å²) in [5.41, 5.74) is -1.57. The van der Waals surface area contributed by atoms with Gasteiger partial charge in [0.1, 0.15) is 11.4 Å². The second-order valence-electron chi connectivity index (χ2n) is 8.64. The number of fused-ring (bicyclic) bond motifs is 1. The van der Waals surface area contributed by atoms with Crippen molar-refractivity contribution in [2.45, 2.75) is 52.9 Å². The van der Waals surface area contributed by atoms with Crippen LogP contribution in [0.1, 0.15) is 50.5 Å². The van der Waals surface area contributed by atoms with E-state index in [4.69, 9.17) is 12.2 Å². The molecular formula is C22H23F4N3O2S. The molecule has 0 aliphatic carbocycles. The van der Waals surface area contributed by atoms with Crippen LogP contribution in [0.5, 0.6) is 0 Å². The van der Waals surface area contributed by atoms with Gasteiger partial charge in [0, 0.05) is 24.9 Å². The van der Waals surface area contributed by atoms with Crippen LogP contribution in [0.15, 0.2) is 35.1 Å². The predicted octanol–water partition coefficient (Wildman–Crippen LogP) is 4.93. The molecule has 0 bridgehead atoms. The maximum absolute atomic E-state index is 15.1. The maximum Gasteiger partial charge on any atom is 0.416 e. The quantitative estimate of drug-likeness (QED) is 0.358. The van der Waals surface area contributed by atoms with Crippen molar-refractivity contribution in [1.29, 1.82) is 0 Å². The first kappa shape index (κ1) is 23.9. The van der Waals surface area contributed by atoms with Crippen molar-refractivity contribution in [3.63, 3.8) is 0 Å². The molecule has 0 saturated carbocycles. The van der Waals surface area contributed by atoms with Gasteiger partial charge in [0.15, 0.2) is 5.11 Å². The van der Waals surface area contributed by atoms with Crippen LogP contribution in [0.25, 0.3) is 0 Å². The van der Waals surface area contributed by atoms with E-state index in [2.05, 4.69) is 0 Å². The zero-order valence-electron chi connectivity index (χ0n) is 18.5. The molecular weight excluding hydrogens is 446 g/mol. The van der Waals surface area contributed by atoms with E-state index in [-0.39, 0.29) is 34.5 Å². The van der Waals surface area contributed by atoms with E-state index in [1.165, 1.54) is 56.6 Å². The first-order valence-electron chi connectivity index (χ1n) is 9.78. The summed E-state index contributed by atoms with van der Waals surface area (Å²) in [5, 5.41) is -0.165. The minimum absolute atomic E-state index is 0.0258. The van der Waals surface area contributed by atoms with Crippen LogP contribution in [0.2, 0.25) is 0 Å². The van der Waals surface area contributed by atoms with Gasteiger partial charge in [-0.1, -0.05) is 5.57 Å². The maximum atomic E-state index is 15.1. The SMILES string of the molecule is CC(=CC(=C(C)C)C(F)(F)F)N1C(=O)C(C)(C)N(c2cc3c(cc2F)CN(C)C3=O)C1=S. The van der Waals surface area contributed by atoms with Gasteiger partial charge < -0.3 is 9.80 Å². The zero-order chi connectivity index (χ0) is 24.3. The van der Waals surface area contributed by atoms with Crippen molar-refractivity contribution in [2.75, 3.05) is 11.9 Å². The van der Waals surface area contributed by atoms with E-state index in [1.54, 1.807) is 7.05 Å². The summed E-state index contributed by atoms with van der Waals surface area (Å²) in [7, 11) is 1.59. The molecule has 1 aromatic rings. The summed E-state index contributed by atoms with van der Waals surface area (Å²) < 4.78 is 55.3. The highest BCUT2D eigenvalue weighted by atomic mass is 32.1. The molecule has 5 nitrogen and oxygen atoms in total. The number of hydrogen-bond acceptors (Lipinski definition) is 3. The summed E-state index contributed by atoms with van der Waals surface area (Å²) in [6, 6.07) is 2.57. The number of carbonyl (C=O) groups excluding carboxylic acids is 2. The van der Waals surface area contributed by atoms with E-state index >= 15 is 4.39 Å². The van der Waals surface area contributed by atoms with Crippen LogP contribution in [-0.4, -0.2) is 45.5 Å². The highest BCUT2D eigenvalue weighted by Gasteiger charge is 2.51. The Morgan fingerprint density at radius 3 is 2.28 bits per heavy atom. The van der Waals surface area contributed by atoms with Crippen LogP contribution in [0, 0.1) is 5.82 Å². The van der Waals surface area contributed by atoms with Crippen molar-refractivity contribution in [3.8, 4) is 0 Å². The molecule has 0 atom stereocenters. The molecule has 32 heavy (non-hydrogen) atoms. The third-order valence-electron chi connectivity index (χ3n) is 5.62. The molecule has 3 rings (SSSR count). The van der Waals surface area contributed by atoms with Crippen molar-refractivity contribution < 1.29 is 27.2 Å². The van der Waals surface area contributed by atoms with E-state index in [9.17, 15) is 22.8 Å². The lowest BCUT2D eigenvalue weighted by atomic mass is 10.0. The molecule has 172 valence electrons. The molecule has 2 heterocycles. The molecule has 2 aliphatic heterocycles. The number of halogens is 4. The van der Waals surface area contributed by atoms with Gasteiger partial charge in [-0.05, 0) is 70.6 Å². The third-order valence-corrected chi connectivity index (χ3v) is 5.98. The third kappa shape index (κ3) is 3.70. The largest absolute Gasteiger partial charge is 0.416 e. The molecule has 1 saturated heterocycles. The van der Waals surface area contributed by atoms with Gasteiger partial charge in [0.05, 0.1) is 11.3 Å². The molecule has 0 unspecified atom stereocenters. The average molecular weight is 470 g/mol. The van der Waals surface area contributed by atoms with Gasteiger partial charge in [0.25, 0.3) is 11.8 Å². The Hall–Kier alpha value is -2.75. The van der Waals surface area contributed by atoms with Gasteiger partial charge >= 0.3 is 6.18 Å². The number of nitrogens with zero attached hydrogens (tertiary/aromatic N) is 3. The highest BCUT2D eigenvalue weighted by molar-refractivity contribution is 7.80. The van der Waals surface area contributed by atoms with Crippen LogP contribution in [0.3, 0.4) is 0 Å². The van der Waals surface area contributed by atoms with E-state index in [0.717, 1.165) is 11.0 Å². The molecule has 0 spiro atoms. The van der Waals surface area contributed by atoms with Crippen LogP contribution >= 0.6 is 12.2 Å². The molecule has 1 fully saturated rings. The van der Waals surface area contributed by atoms with Crippen LogP contribution < -0.4 is 4.90 Å². The first-order valence-corrected chi connectivity index (χ1v) is 10.2. The standard InChI is InChI=1S/C22H23F4N3O2S/c1-11(2)15(22(24,25)26)7-12(3)28-19(31)21(4,5)29(20(28)32)17-9-14-13(8-16(17)23)10-27(6)18(14)30/h7-9H,10H2,1-6H3. The highest BCUT2D eigenvalue weighted by Crippen LogP contribution is 2.40. The minimum Gasteiger partial charge on any atom is -0.337 e. The number of allylic oxidation sites excluding steroid dienone is 4. The van der Waals surface area contributed by atoms with Gasteiger partial charge in [-0.25, -0.2) is 4.39 Å². The lowest BCUT2D eigenvalue weighted by Gasteiger charge is -2.30. The number of rotatable bonds is 3. The van der Waals surface area contributed by atoms with E-state index in [1.807, 2.05) is 0 Å². The summed E-state index contributed by atoms with van der Waals surface area (Å²) in [6.07, 6.45) is -3.76. The summed E-state index contributed by atoms with van der Waals surface area (Å²) in [4.78, 5) is 29.2. The summed E-state index contributed by atoms with van der Waals surface area (Å²) in [5.74, 6) is -1.57. The smallest absolute Gasteiger partial charge is 0.337 e. The second-order valence-corrected chi connectivity index (χ2v) is 9.00. The molecule has 0 N–H and O–H groups in total. The molecule has 0 aromatic heterocycles. The molecule has 1 aromatic carbocycles. The fraction of sp³-hybridized carbons (Fsp3) is 0.409.